The van der Waals surface area contributed by atoms with Crippen LogP contribution in [-0.2, 0) is 4.84 Å². The smallest absolute Gasteiger partial charge is 0.114 e. The largest absolute Gasteiger partial charge is 0.273 e. The van der Waals surface area contributed by atoms with Crippen LogP contribution < -0.4 is 5.06 Å². The summed E-state index contributed by atoms with van der Waals surface area (Å²) in [5.41, 5.74) is 2.77. The van der Waals surface area contributed by atoms with Gasteiger partial charge in [-0.3, -0.25) is 19.9 Å². The van der Waals surface area contributed by atoms with Crippen molar-refractivity contribution in [1.29, 1.82) is 0 Å². The van der Waals surface area contributed by atoms with Crippen LogP contribution in [0.2, 0.25) is 0 Å². The van der Waals surface area contributed by atoms with Crippen LogP contribution in [-0.4, -0.2) is 23.1 Å². The van der Waals surface area contributed by atoms with Crippen molar-refractivity contribution in [3.63, 3.8) is 0 Å². The maximum atomic E-state index is 5.66. The number of aromatic nitrogens is 2. The highest BCUT2D eigenvalue weighted by atomic mass is 79.9. The summed E-state index contributed by atoms with van der Waals surface area (Å²) in [6.07, 6.45) is 5.86. The average Bonchev–Trinajstić information content (AvgIpc) is 2.39. The fraction of sp³-hybridized carbons (Fsp3) is 0.333. The number of pyridine rings is 2. The molecule has 3 rings (SSSR count). The van der Waals surface area contributed by atoms with E-state index in [0.717, 1.165) is 47.2 Å². The van der Waals surface area contributed by atoms with E-state index < -0.39 is 0 Å². The lowest BCUT2D eigenvalue weighted by Crippen LogP contribution is -2.30. The molecule has 1 aliphatic rings. The third-order valence-corrected chi connectivity index (χ3v) is 3.23. The van der Waals surface area contributed by atoms with E-state index >= 15 is 0 Å². The standard InChI is InChI=1S/C12H12BrN3O/c13-9-7-10-12(15-8-9)11(3-4-14-10)16-5-1-2-6-17-16/h3-4,7-8H,1-2,5-6H2. The SMILES string of the molecule is Brc1cnc2c(N3CCCCO3)ccnc2c1. The summed E-state index contributed by atoms with van der Waals surface area (Å²) in [5.74, 6) is 0. The maximum Gasteiger partial charge on any atom is 0.114 e. The van der Waals surface area contributed by atoms with Gasteiger partial charge in [-0.2, -0.15) is 0 Å². The summed E-state index contributed by atoms with van der Waals surface area (Å²) in [5, 5.41) is 1.93. The lowest BCUT2D eigenvalue weighted by atomic mass is 10.2. The number of anilines is 1. The van der Waals surface area contributed by atoms with Crippen molar-refractivity contribution in [2.24, 2.45) is 0 Å². The molecular weight excluding hydrogens is 282 g/mol. The highest BCUT2D eigenvalue weighted by molar-refractivity contribution is 9.10. The number of halogens is 1. The molecule has 0 unspecified atom stereocenters. The molecule has 0 amide bonds. The molecule has 88 valence electrons. The molecule has 0 aromatic carbocycles. The zero-order chi connectivity index (χ0) is 11.7. The summed E-state index contributed by atoms with van der Waals surface area (Å²) >= 11 is 3.41. The summed E-state index contributed by atoms with van der Waals surface area (Å²) in [6, 6.07) is 3.92. The molecule has 4 nitrogen and oxygen atoms in total. The van der Waals surface area contributed by atoms with E-state index in [2.05, 4.69) is 25.9 Å². The predicted octanol–water partition coefficient (Wildman–Crippen LogP) is 2.92. The topological polar surface area (TPSA) is 38.2 Å². The minimum absolute atomic E-state index is 0.778. The Hall–Kier alpha value is -1.20. The summed E-state index contributed by atoms with van der Waals surface area (Å²) in [7, 11) is 0. The van der Waals surface area contributed by atoms with Crippen molar-refractivity contribution in [2.45, 2.75) is 12.8 Å². The van der Waals surface area contributed by atoms with E-state index in [1.165, 1.54) is 0 Å². The van der Waals surface area contributed by atoms with E-state index in [0.29, 0.717) is 0 Å². The first kappa shape index (κ1) is 10.9. The van der Waals surface area contributed by atoms with Crippen LogP contribution in [0.5, 0.6) is 0 Å². The van der Waals surface area contributed by atoms with Crippen LogP contribution in [0, 0.1) is 0 Å². The second-order valence-corrected chi connectivity index (χ2v) is 4.91. The monoisotopic (exact) mass is 293 g/mol. The Morgan fingerprint density at radius 1 is 1.29 bits per heavy atom. The van der Waals surface area contributed by atoms with Gasteiger partial charge in [0, 0.05) is 23.4 Å². The number of hydroxylamine groups is 1. The molecule has 17 heavy (non-hydrogen) atoms. The van der Waals surface area contributed by atoms with Crippen LogP contribution in [0.4, 0.5) is 5.69 Å². The van der Waals surface area contributed by atoms with E-state index in [4.69, 9.17) is 4.84 Å². The van der Waals surface area contributed by atoms with E-state index in [-0.39, 0.29) is 0 Å². The van der Waals surface area contributed by atoms with Gasteiger partial charge < -0.3 is 0 Å². The van der Waals surface area contributed by atoms with Gasteiger partial charge in [0.05, 0.1) is 17.8 Å². The Morgan fingerprint density at radius 2 is 2.24 bits per heavy atom. The Balaban J connectivity index is 2.09. The molecule has 0 radical (unpaired) electrons. The van der Waals surface area contributed by atoms with Gasteiger partial charge in [0.2, 0.25) is 0 Å². The van der Waals surface area contributed by atoms with Gasteiger partial charge in [-0.15, -0.1) is 0 Å². The zero-order valence-electron chi connectivity index (χ0n) is 9.27. The number of hydrogen-bond donors (Lipinski definition) is 0. The first-order chi connectivity index (χ1) is 8.34. The highest BCUT2D eigenvalue weighted by Gasteiger charge is 2.15. The highest BCUT2D eigenvalue weighted by Crippen LogP contribution is 2.27. The van der Waals surface area contributed by atoms with Crippen LogP contribution in [0.15, 0.2) is 29.0 Å². The number of nitrogens with zero attached hydrogens (tertiary/aromatic N) is 3. The van der Waals surface area contributed by atoms with Gasteiger partial charge >= 0.3 is 0 Å². The third-order valence-electron chi connectivity index (χ3n) is 2.79. The first-order valence-corrected chi connectivity index (χ1v) is 6.44. The van der Waals surface area contributed by atoms with E-state index in [9.17, 15) is 0 Å². The Labute approximate surface area is 108 Å². The van der Waals surface area contributed by atoms with Crippen LogP contribution in [0.3, 0.4) is 0 Å². The molecule has 3 heterocycles. The van der Waals surface area contributed by atoms with Gasteiger partial charge in [0.15, 0.2) is 0 Å². The van der Waals surface area contributed by atoms with E-state index in [1.807, 2.05) is 17.2 Å². The summed E-state index contributed by atoms with van der Waals surface area (Å²) < 4.78 is 0.939. The normalized spacial score (nSPS) is 16.4. The average molecular weight is 294 g/mol. The van der Waals surface area contributed by atoms with Crippen LogP contribution in [0.1, 0.15) is 12.8 Å². The van der Waals surface area contributed by atoms with Gasteiger partial charge in [-0.25, -0.2) is 0 Å². The Bertz CT molecular complexity index is 540. The Kier molecular flexibility index (Phi) is 2.94. The minimum Gasteiger partial charge on any atom is -0.273 e. The lowest BCUT2D eigenvalue weighted by molar-refractivity contribution is 0.0783. The van der Waals surface area contributed by atoms with Crippen molar-refractivity contribution >= 4 is 32.7 Å². The number of fused-ring (bicyclic) bond motifs is 1. The molecule has 1 saturated heterocycles. The molecule has 2 aromatic heterocycles. The molecule has 5 heteroatoms. The number of hydrogen-bond acceptors (Lipinski definition) is 4. The second kappa shape index (κ2) is 4.58. The van der Waals surface area contributed by atoms with E-state index in [1.54, 1.807) is 12.4 Å². The maximum absolute atomic E-state index is 5.66. The van der Waals surface area contributed by atoms with Gasteiger partial charge in [0.25, 0.3) is 0 Å². The van der Waals surface area contributed by atoms with Crippen molar-refractivity contribution in [3.8, 4) is 0 Å². The molecule has 2 aromatic rings. The molecule has 1 aliphatic heterocycles. The Morgan fingerprint density at radius 3 is 3.06 bits per heavy atom. The number of rotatable bonds is 1. The molecular formula is C12H12BrN3O. The van der Waals surface area contributed by atoms with Gasteiger partial charge in [0.1, 0.15) is 5.52 Å². The molecule has 0 bridgehead atoms. The lowest BCUT2D eigenvalue weighted by Gasteiger charge is -2.28. The first-order valence-electron chi connectivity index (χ1n) is 5.65. The fourth-order valence-corrected chi connectivity index (χ4v) is 2.30. The van der Waals surface area contributed by atoms with Crippen LogP contribution in [0.25, 0.3) is 11.0 Å². The van der Waals surface area contributed by atoms with Crippen molar-refractivity contribution < 1.29 is 4.84 Å². The van der Waals surface area contributed by atoms with Crippen LogP contribution >= 0.6 is 15.9 Å². The van der Waals surface area contributed by atoms with Crippen molar-refractivity contribution in [2.75, 3.05) is 18.2 Å². The molecule has 1 fully saturated rings. The van der Waals surface area contributed by atoms with Gasteiger partial charge in [-0.1, -0.05) is 0 Å². The predicted molar refractivity (Wildman–Crippen MR) is 69.8 cm³/mol. The fourth-order valence-electron chi connectivity index (χ4n) is 1.98. The minimum atomic E-state index is 0.778. The van der Waals surface area contributed by atoms with Gasteiger partial charge in [-0.05, 0) is 40.9 Å². The van der Waals surface area contributed by atoms with Crippen molar-refractivity contribution in [3.05, 3.63) is 29.0 Å². The molecule has 0 spiro atoms. The molecule has 0 atom stereocenters. The quantitative estimate of drug-likeness (QED) is 0.810. The molecule has 0 N–H and O–H groups in total. The summed E-state index contributed by atoms with van der Waals surface area (Å²) in [6.45, 7) is 1.69. The molecule has 0 aliphatic carbocycles. The summed E-state index contributed by atoms with van der Waals surface area (Å²) in [4.78, 5) is 14.4. The second-order valence-electron chi connectivity index (χ2n) is 3.99. The zero-order valence-corrected chi connectivity index (χ0v) is 10.9. The molecule has 0 saturated carbocycles. The third kappa shape index (κ3) is 2.12. The van der Waals surface area contributed by atoms with Crippen molar-refractivity contribution in [1.82, 2.24) is 9.97 Å².